The lowest BCUT2D eigenvalue weighted by atomic mass is 9.94. The van der Waals surface area contributed by atoms with Crippen LogP contribution in [-0.2, 0) is 57.0 Å². The van der Waals surface area contributed by atoms with Crippen molar-refractivity contribution in [3.8, 4) is 0 Å². The average molecular weight is 1030 g/mol. The van der Waals surface area contributed by atoms with E-state index in [1.165, 1.54) is 0 Å². The molecule has 5 fully saturated rings. The van der Waals surface area contributed by atoms with Gasteiger partial charge < -0.3 is 135 Å². The van der Waals surface area contributed by atoms with Gasteiger partial charge in [0.1, 0.15) is 122 Å². The number of amides is 3. The Morgan fingerprint density at radius 3 is 1.39 bits per heavy atom. The van der Waals surface area contributed by atoms with Gasteiger partial charge in [-0.1, -0.05) is 0 Å². The Kier molecular flexibility index (Phi) is 21.9. The summed E-state index contributed by atoms with van der Waals surface area (Å²) >= 11 is 4.01. The summed E-state index contributed by atoms with van der Waals surface area (Å²) in [5.74, 6) is -1.71. The number of carbonyl (C=O) groups is 3. The van der Waals surface area contributed by atoms with Crippen molar-refractivity contribution in [3.05, 3.63) is 0 Å². The van der Waals surface area contributed by atoms with Crippen LogP contribution in [0.25, 0.3) is 0 Å². The molecule has 0 aromatic rings. The zero-order chi connectivity index (χ0) is 51.0. The third-order valence-corrected chi connectivity index (χ3v) is 12.4. The Hall–Kier alpha value is -2.20. The third-order valence-electron chi connectivity index (χ3n) is 12.1. The van der Waals surface area contributed by atoms with Crippen LogP contribution in [0.15, 0.2) is 0 Å². The zero-order valence-corrected chi connectivity index (χ0v) is 37.7. The van der Waals surface area contributed by atoms with E-state index in [-0.39, 0.29) is 6.42 Å². The molecule has 0 radical (unpaired) electrons. The Morgan fingerprint density at radius 1 is 0.464 bits per heavy atom. The van der Waals surface area contributed by atoms with Crippen LogP contribution in [0.2, 0.25) is 0 Å². The lowest BCUT2D eigenvalue weighted by molar-refractivity contribution is -0.385. The third kappa shape index (κ3) is 13.5. The Morgan fingerprint density at radius 2 is 0.899 bits per heavy atom. The van der Waals surface area contributed by atoms with E-state index >= 15 is 0 Å². The summed E-state index contributed by atoms with van der Waals surface area (Å²) in [5, 5.41) is 167. The molecule has 5 saturated heterocycles. The fraction of sp³-hybridized carbons (Fsp3) is 0.921. The molecule has 69 heavy (non-hydrogen) atoms. The number of aliphatic hydroxyl groups is 15. The molecule has 0 aliphatic carbocycles. The first-order chi connectivity index (χ1) is 32.7. The van der Waals surface area contributed by atoms with Crippen molar-refractivity contribution >= 4 is 30.4 Å². The summed E-state index contributed by atoms with van der Waals surface area (Å²) in [4.78, 5) is 37.0. The maximum absolute atomic E-state index is 12.5. The number of carbonyl (C=O) groups excluding carboxylic acids is 3. The Labute approximate surface area is 397 Å². The normalized spacial score (nSPS) is 45.1. The molecule has 0 bridgehead atoms. The van der Waals surface area contributed by atoms with E-state index in [1.807, 2.05) is 0 Å². The monoisotopic (exact) mass is 1030 g/mol. The number of hydrogen-bond acceptors (Lipinski definition) is 28. The summed E-state index contributed by atoms with van der Waals surface area (Å²) in [6, 6.07) is -1.76. The maximum atomic E-state index is 12.5. The van der Waals surface area contributed by atoms with E-state index in [0.717, 1.165) is 6.92 Å². The maximum Gasteiger partial charge on any atom is 0.241 e. The minimum absolute atomic E-state index is 0.0885. The van der Waals surface area contributed by atoms with E-state index in [4.69, 9.17) is 42.6 Å². The average Bonchev–Trinajstić information content (AvgIpc) is 3.32. The van der Waals surface area contributed by atoms with Crippen LogP contribution in [0, 0.1) is 0 Å². The molecular weight excluding hydrogens is 962 g/mol. The fourth-order valence-corrected chi connectivity index (χ4v) is 8.44. The van der Waals surface area contributed by atoms with Gasteiger partial charge in [-0.15, -0.1) is 0 Å². The predicted molar refractivity (Wildman–Crippen MR) is 220 cm³/mol. The second kappa shape index (κ2) is 26.1. The molecule has 5 aliphatic heterocycles. The van der Waals surface area contributed by atoms with Gasteiger partial charge in [-0.3, -0.25) is 14.4 Å². The van der Waals surface area contributed by atoms with Crippen molar-refractivity contribution in [2.24, 2.45) is 0 Å². The molecule has 0 saturated carbocycles. The molecule has 18 N–H and O–H groups in total. The zero-order valence-electron chi connectivity index (χ0n) is 36.9. The van der Waals surface area contributed by atoms with Gasteiger partial charge in [0, 0.05) is 13.3 Å². The predicted octanol–water partition coefficient (Wildman–Crippen LogP) is -11.8. The number of ether oxygens (including phenoxy) is 9. The number of thiol groups is 1. The molecule has 25 atom stereocenters. The van der Waals surface area contributed by atoms with Crippen LogP contribution in [-0.4, -0.2) is 293 Å². The molecule has 10 unspecified atom stereocenters. The Bertz CT molecular complexity index is 1630. The second-order valence-corrected chi connectivity index (χ2v) is 17.3. The van der Waals surface area contributed by atoms with Gasteiger partial charge in [0.25, 0.3) is 0 Å². The van der Waals surface area contributed by atoms with Crippen LogP contribution in [0.3, 0.4) is 0 Å². The van der Waals surface area contributed by atoms with Crippen molar-refractivity contribution in [3.63, 3.8) is 0 Å². The van der Waals surface area contributed by atoms with Gasteiger partial charge >= 0.3 is 0 Å². The molecule has 0 aromatic carbocycles. The van der Waals surface area contributed by atoms with Gasteiger partial charge in [-0.05, 0) is 12.2 Å². The first-order valence-electron chi connectivity index (χ1n) is 21.9. The molecule has 5 rings (SSSR count). The molecule has 400 valence electrons. The Balaban J connectivity index is 1.30. The minimum atomic E-state index is -2.15. The fourth-order valence-electron chi connectivity index (χ4n) is 8.28. The van der Waals surface area contributed by atoms with Gasteiger partial charge in [0.2, 0.25) is 17.7 Å². The lowest BCUT2D eigenvalue weighted by Gasteiger charge is -2.50. The summed E-state index contributed by atoms with van der Waals surface area (Å²) in [5.41, 5.74) is 0. The minimum Gasteiger partial charge on any atom is -0.394 e. The largest absolute Gasteiger partial charge is 0.394 e. The first-order valence-corrected chi connectivity index (χ1v) is 22.6. The van der Waals surface area contributed by atoms with E-state index in [2.05, 4.69) is 28.6 Å². The number of hydrogen-bond donors (Lipinski definition) is 19. The SMILES string of the molecule is CC(=O)N[C@H]1C(O[C@H]2[C@@H](O)C(CO)OC(O[C@H]3C(O)C(O)[C@@H](NC(=O)CNC(=O)CCCS)O[C@@H]3CO)[C@@H]2O)OC(CO)[C@H](O[C@H]2O[C@H](CO)[C@@H](O)C(O[C@H]3O[C@H](CO)[C@@H](O)C(O)C3O)C2O)[C@@H]1O. The van der Waals surface area contributed by atoms with Crippen molar-refractivity contribution in [2.75, 3.05) is 45.3 Å². The van der Waals surface area contributed by atoms with Gasteiger partial charge in [-0.2, -0.15) is 12.6 Å². The molecular formula is C38H65N3O27S. The van der Waals surface area contributed by atoms with Crippen LogP contribution >= 0.6 is 12.6 Å². The highest BCUT2D eigenvalue weighted by Crippen LogP contribution is 2.36. The van der Waals surface area contributed by atoms with Crippen LogP contribution in [0.1, 0.15) is 19.8 Å². The quantitative estimate of drug-likeness (QED) is 0.0504. The van der Waals surface area contributed by atoms with Crippen molar-refractivity contribution in [1.29, 1.82) is 0 Å². The molecule has 5 aliphatic rings. The van der Waals surface area contributed by atoms with E-state index in [1.54, 1.807) is 0 Å². The molecule has 5 heterocycles. The summed E-state index contributed by atoms with van der Waals surface area (Å²) < 4.78 is 51.0. The molecule has 0 spiro atoms. The van der Waals surface area contributed by atoms with Gasteiger partial charge in [-0.25, -0.2) is 0 Å². The molecule has 0 aromatic heterocycles. The van der Waals surface area contributed by atoms with E-state index in [9.17, 15) is 91.0 Å². The summed E-state index contributed by atoms with van der Waals surface area (Å²) in [6.07, 6.45) is -44.4. The standard InChI is InChI=1S/C38H65N3O27S/c1-11(47)40-19-23(53)30(65-37-29(59)33(22(52)14(8-44)62-37)68-36-27(57)24(54)20(50)12(6-42)61-36)16(10-46)64-35(19)67-32-21(51)13(7-43)63-38(28(32)58)66-31-15(9-45)60-34(26(56)25(31)55)41-18(49)5-39-17(48)3-2-4-69/h12-16,19-38,42-46,50-59,69H,2-10H2,1H3,(H,39,48)(H,40,47)(H,41,49)/t12-,13?,14-,15-,16?,19-,20-,21+,22-,23-,24?,25?,26?,27?,28-,29?,30+,31-,32+,33?,34+,35?,36-,37-,38?/m1/s1. The topological polar surface area (TPSA) is 474 Å². The van der Waals surface area contributed by atoms with Crippen molar-refractivity contribution < 1.29 is 134 Å². The van der Waals surface area contributed by atoms with Crippen LogP contribution in [0.5, 0.6) is 0 Å². The van der Waals surface area contributed by atoms with Gasteiger partial charge in [0.05, 0.1) is 39.6 Å². The molecule has 30 nitrogen and oxygen atoms in total. The van der Waals surface area contributed by atoms with Crippen LogP contribution in [0.4, 0.5) is 0 Å². The van der Waals surface area contributed by atoms with Crippen LogP contribution < -0.4 is 16.0 Å². The number of aliphatic hydroxyl groups excluding tert-OH is 15. The lowest BCUT2D eigenvalue weighted by Crippen LogP contribution is -2.70. The van der Waals surface area contributed by atoms with E-state index in [0.29, 0.717) is 12.2 Å². The summed E-state index contributed by atoms with van der Waals surface area (Å²) in [7, 11) is 0. The smallest absolute Gasteiger partial charge is 0.241 e. The highest BCUT2D eigenvalue weighted by Gasteiger charge is 2.57. The highest BCUT2D eigenvalue weighted by molar-refractivity contribution is 7.80. The molecule has 3 amide bonds. The highest BCUT2D eigenvalue weighted by atomic mass is 32.1. The number of nitrogens with one attached hydrogen (secondary N) is 3. The number of rotatable bonds is 20. The first kappa shape index (κ1) is 57.7. The van der Waals surface area contributed by atoms with Gasteiger partial charge in [0.15, 0.2) is 31.4 Å². The van der Waals surface area contributed by atoms with E-state index < -0.39 is 211 Å². The second-order valence-electron chi connectivity index (χ2n) is 16.9. The van der Waals surface area contributed by atoms with Crippen molar-refractivity contribution in [2.45, 2.75) is 173 Å². The molecule has 31 heteroatoms. The van der Waals surface area contributed by atoms with Crippen molar-refractivity contribution in [1.82, 2.24) is 16.0 Å². The summed E-state index contributed by atoms with van der Waals surface area (Å²) in [6.45, 7) is -4.28.